The molecule has 0 amide bonds. The van der Waals surface area contributed by atoms with Crippen molar-refractivity contribution in [3.8, 4) is 16.9 Å². The fourth-order valence-electron chi connectivity index (χ4n) is 3.47. The second-order valence-electron chi connectivity index (χ2n) is 6.86. The summed E-state index contributed by atoms with van der Waals surface area (Å²) in [5, 5.41) is 9.62. The summed E-state index contributed by atoms with van der Waals surface area (Å²) in [6, 6.07) is 35.3. The molecule has 0 heterocycles. The maximum absolute atomic E-state index is 9.62. The van der Waals surface area contributed by atoms with E-state index in [-0.39, 0.29) is 0 Å². The average molecular weight is 350 g/mol. The Bertz CT molecular complexity index is 1000. The predicted octanol–water partition coefficient (Wildman–Crippen LogP) is 6.24. The summed E-state index contributed by atoms with van der Waals surface area (Å²) in [6.07, 6.45) is 1.82. The van der Waals surface area contributed by atoms with Gasteiger partial charge in [-0.1, -0.05) is 91.0 Å². The van der Waals surface area contributed by atoms with Gasteiger partial charge in [-0.2, -0.15) is 0 Å². The molecule has 4 aromatic rings. The van der Waals surface area contributed by atoms with E-state index in [4.69, 9.17) is 0 Å². The van der Waals surface area contributed by atoms with E-state index in [1.165, 1.54) is 27.8 Å². The highest BCUT2D eigenvalue weighted by Crippen LogP contribution is 2.29. The summed E-state index contributed by atoms with van der Waals surface area (Å²) in [5.41, 5.74) is 7.59. The van der Waals surface area contributed by atoms with Crippen molar-refractivity contribution < 1.29 is 5.11 Å². The van der Waals surface area contributed by atoms with Crippen LogP contribution in [-0.4, -0.2) is 5.11 Å². The normalized spacial score (nSPS) is 10.7. The summed E-state index contributed by atoms with van der Waals surface area (Å²) >= 11 is 0. The van der Waals surface area contributed by atoms with Gasteiger partial charge in [0.2, 0.25) is 0 Å². The van der Waals surface area contributed by atoms with Gasteiger partial charge < -0.3 is 5.11 Å². The van der Waals surface area contributed by atoms with E-state index in [0.717, 1.165) is 18.4 Å². The molecule has 0 aliphatic carbocycles. The van der Waals surface area contributed by atoms with E-state index in [2.05, 4.69) is 78.9 Å². The third kappa shape index (κ3) is 4.27. The lowest BCUT2D eigenvalue weighted by atomic mass is 9.91. The quantitative estimate of drug-likeness (QED) is 0.451. The molecule has 0 aliphatic heterocycles. The minimum absolute atomic E-state index is 0.295. The van der Waals surface area contributed by atoms with Crippen LogP contribution < -0.4 is 0 Å². The summed E-state index contributed by atoms with van der Waals surface area (Å²) in [5.74, 6) is 0.295. The molecule has 0 saturated heterocycles. The maximum atomic E-state index is 9.62. The van der Waals surface area contributed by atoms with Crippen molar-refractivity contribution in [1.29, 1.82) is 0 Å². The minimum Gasteiger partial charge on any atom is -0.508 e. The first kappa shape index (κ1) is 17.1. The smallest absolute Gasteiger partial charge is 0.115 e. The SMILES string of the molecule is Oc1ccc(-c2ccc(Cc3ccccc3)cc2Cc2ccccc2)cc1. The van der Waals surface area contributed by atoms with Crippen LogP contribution >= 0.6 is 0 Å². The predicted molar refractivity (Wildman–Crippen MR) is 112 cm³/mol. The molecule has 0 spiro atoms. The molecule has 0 radical (unpaired) electrons. The molecule has 1 heteroatoms. The van der Waals surface area contributed by atoms with Gasteiger partial charge in [0.05, 0.1) is 0 Å². The number of phenolic OH excluding ortho intramolecular Hbond substituents is 1. The average Bonchev–Trinajstić information content (AvgIpc) is 2.71. The monoisotopic (exact) mass is 350 g/mol. The lowest BCUT2D eigenvalue weighted by Crippen LogP contribution is -1.96. The summed E-state index contributed by atoms with van der Waals surface area (Å²) in [4.78, 5) is 0. The summed E-state index contributed by atoms with van der Waals surface area (Å²) in [7, 11) is 0. The topological polar surface area (TPSA) is 20.2 Å². The van der Waals surface area contributed by atoms with Crippen molar-refractivity contribution in [1.82, 2.24) is 0 Å². The van der Waals surface area contributed by atoms with Crippen LogP contribution in [0.15, 0.2) is 103 Å². The van der Waals surface area contributed by atoms with E-state index in [1.807, 2.05) is 12.1 Å². The highest BCUT2D eigenvalue weighted by molar-refractivity contribution is 5.69. The molecular weight excluding hydrogens is 328 g/mol. The Morgan fingerprint density at radius 3 is 1.74 bits per heavy atom. The van der Waals surface area contributed by atoms with E-state index >= 15 is 0 Å². The molecule has 27 heavy (non-hydrogen) atoms. The van der Waals surface area contributed by atoms with Gasteiger partial charge in [0.15, 0.2) is 0 Å². The third-order valence-electron chi connectivity index (χ3n) is 4.84. The summed E-state index contributed by atoms with van der Waals surface area (Å²) in [6.45, 7) is 0. The molecule has 1 nitrogen and oxygen atoms in total. The maximum Gasteiger partial charge on any atom is 0.115 e. The first-order chi connectivity index (χ1) is 13.3. The highest BCUT2D eigenvalue weighted by atomic mass is 16.3. The number of hydrogen-bond acceptors (Lipinski definition) is 1. The van der Waals surface area contributed by atoms with Crippen LogP contribution in [-0.2, 0) is 12.8 Å². The first-order valence-electron chi connectivity index (χ1n) is 9.27. The molecule has 4 rings (SSSR count). The van der Waals surface area contributed by atoms with E-state index < -0.39 is 0 Å². The fraction of sp³-hybridized carbons (Fsp3) is 0.0769. The zero-order chi connectivity index (χ0) is 18.5. The molecule has 0 unspecified atom stereocenters. The second kappa shape index (κ2) is 7.92. The zero-order valence-electron chi connectivity index (χ0n) is 15.2. The Morgan fingerprint density at radius 1 is 0.519 bits per heavy atom. The van der Waals surface area contributed by atoms with Crippen LogP contribution in [0.4, 0.5) is 0 Å². The van der Waals surface area contributed by atoms with Crippen molar-refractivity contribution in [2.45, 2.75) is 12.8 Å². The Balaban J connectivity index is 1.72. The number of phenols is 1. The molecule has 0 aliphatic rings. The third-order valence-corrected chi connectivity index (χ3v) is 4.84. The lowest BCUT2D eigenvalue weighted by Gasteiger charge is -2.13. The Morgan fingerprint density at radius 2 is 1.11 bits per heavy atom. The van der Waals surface area contributed by atoms with Crippen molar-refractivity contribution >= 4 is 0 Å². The van der Waals surface area contributed by atoms with Gasteiger partial charge in [0, 0.05) is 0 Å². The Labute approximate surface area is 160 Å². The molecular formula is C26H22O. The van der Waals surface area contributed by atoms with E-state index in [0.29, 0.717) is 5.75 Å². The van der Waals surface area contributed by atoms with Gasteiger partial charge >= 0.3 is 0 Å². The number of hydrogen-bond donors (Lipinski definition) is 1. The molecule has 1 N–H and O–H groups in total. The first-order valence-corrected chi connectivity index (χ1v) is 9.27. The molecule has 0 saturated carbocycles. The number of aromatic hydroxyl groups is 1. The van der Waals surface area contributed by atoms with Gasteiger partial charge in [-0.05, 0) is 58.4 Å². The number of rotatable bonds is 5. The summed E-state index contributed by atoms with van der Waals surface area (Å²) < 4.78 is 0. The molecule has 4 aromatic carbocycles. The van der Waals surface area contributed by atoms with Crippen molar-refractivity contribution in [2.75, 3.05) is 0 Å². The van der Waals surface area contributed by atoms with E-state index in [9.17, 15) is 5.11 Å². The van der Waals surface area contributed by atoms with Crippen LogP contribution in [0.2, 0.25) is 0 Å². The highest BCUT2D eigenvalue weighted by Gasteiger charge is 2.08. The Hall–Kier alpha value is -3.32. The fourth-order valence-corrected chi connectivity index (χ4v) is 3.47. The molecule has 132 valence electrons. The number of benzene rings is 4. The van der Waals surface area contributed by atoms with Crippen LogP contribution in [0, 0.1) is 0 Å². The molecule has 0 atom stereocenters. The van der Waals surface area contributed by atoms with Crippen LogP contribution in [0.25, 0.3) is 11.1 Å². The van der Waals surface area contributed by atoms with Crippen molar-refractivity contribution in [3.63, 3.8) is 0 Å². The molecule has 0 bridgehead atoms. The lowest BCUT2D eigenvalue weighted by molar-refractivity contribution is 0.475. The van der Waals surface area contributed by atoms with Crippen LogP contribution in [0.1, 0.15) is 22.3 Å². The van der Waals surface area contributed by atoms with Crippen molar-refractivity contribution in [3.05, 3.63) is 125 Å². The van der Waals surface area contributed by atoms with Gasteiger partial charge in [-0.15, -0.1) is 0 Å². The second-order valence-corrected chi connectivity index (χ2v) is 6.86. The molecule has 0 fully saturated rings. The molecule has 0 aromatic heterocycles. The van der Waals surface area contributed by atoms with Crippen molar-refractivity contribution in [2.24, 2.45) is 0 Å². The van der Waals surface area contributed by atoms with Gasteiger partial charge in [-0.3, -0.25) is 0 Å². The van der Waals surface area contributed by atoms with E-state index in [1.54, 1.807) is 12.1 Å². The largest absolute Gasteiger partial charge is 0.508 e. The van der Waals surface area contributed by atoms with Gasteiger partial charge in [0.1, 0.15) is 5.75 Å². The Kier molecular flexibility index (Phi) is 5.02. The standard InChI is InChI=1S/C26H22O/c27-25-14-12-23(13-15-25)26-16-11-22(17-20-7-3-1-4-8-20)19-24(26)18-21-9-5-2-6-10-21/h1-16,19,27H,17-18H2. The zero-order valence-corrected chi connectivity index (χ0v) is 15.2. The van der Waals surface area contributed by atoms with Crippen LogP contribution in [0.3, 0.4) is 0 Å². The minimum atomic E-state index is 0.295. The van der Waals surface area contributed by atoms with Gasteiger partial charge in [0.25, 0.3) is 0 Å². The van der Waals surface area contributed by atoms with Gasteiger partial charge in [-0.25, -0.2) is 0 Å². The van der Waals surface area contributed by atoms with Crippen LogP contribution in [0.5, 0.6) is 5.75 Å².